The summed E-state index contributed by atoms with van der Waals surface area (Å²) in [7, 11) is 0. The molecule has 0 atom stereocenters. The molecule has 0 saturated carbocycles. The smallest absolute Gasteiger partial charge is 0.265 e. The summed E-state index contributed by atoms with van der Waals surface area (Å²) in [6.07, 6.45) is 0. The predicted octanol–water partition coefficient (Wildman–Crippen LogP) is 3.68. The number of hydrogen-bond donors (Lipinski definition) is 2. The minimum absolute atomic E-state index is 0.0178. The lowest BCUT2D eigenvalue weighted by Crippen LogP contribution is -2.10. The molecule has 0 saturated heterocycles. The van der Waals surface area contributed by atoms with Crippen molar-refractivity contribution in [3.8, 4) is 0 Å². The molecule has 94 valence electrons. The summed E-state index contributed by atoms with van der Waals surface area (Å²) in [5.74, 6) is -0.891. The lowest BCUT2D eigenvalue weighted by molar-refractivity contribution is 0.103. The SMILES string of the molecule is Cc1sc(C(=O)Nc2ccc(Cl)c(F)c2)cc1N. The van der Waals surface area contributed by atoms with Crippen molar-refractivity contribution in [1.82, 2.24) is 0 Å². The Morgan fingerprint density at radius 2 is 2.17 bits per heavy atom. The van der Waals surface area contributed by atoms with Crippen molar-refractivity contribution in [1.29, 1.82) is 0 Å². The number of aryl methyl sites for hydroxylation is 1. The highest BCUT2D eigenvalue weighted by Gasteiger charge is 2.11. The lowest BCUT2D eigenvalue weighted by Gasteiger charge is -2.04. The molecule has 2 rings (SSSR count). The van der Waals surface area contributed by atoms with Crippen molar-refractivity contribution in [2.75, 3.05) is 11.1 Å². The van der Waals surface area contributed by atoms with Gasteiger partial charge < -0.3 is 11.1 Å². The van der Waals surface area contributed by atoms with Gasteiger partial charge in [0.15, 0.2) is 0 Å². The Bertz CT molecular complexity index is 593. The maximum Gasteiger partial charge on any atom is 0.265 e. The van der Waals surface area contributed by atoms with E-state index in [9.17, 15) is 9.18 Å². The van der Waals surface area contributed by atoms with Gasteiger partial charge in [-0.05, 0) is 31.2 Å². The quantitative estimate of drug-likeness (QED) is 0.884. The Balaban J connectivity index is 2.18. The zero-order valence-corrected chi connectivity index (χ0v) is 11.0. The first-order valence-corrected chi connectivity index (χ1v) is 6.29. The van der Waals surface area contributed by atoms with Gasteiger partial charge in [0.2, 0.25) is 0 Å². The van der Waals surface area contributed by atoms with Crippen LogP contribution >= 0.6 is 22.9 Å². The Kier molecular flexibility index (Phi) is 3.54. The van der Waals surface area contributed by atoms with E-state index in [1.165, 1.54) is 29.5 Å². The molecule has 0 unspecified atom stereocenters. The van der Waals surface area contributed by atoms with E-state index in [1.54, 1.807) is 6.07 Å². The first-order chi connectivity index (χ1) is 8.47. The van der Waals surface area contributed by atoms with Gasteiger partial charge in [-0.25, -0.2) is 4.39 Å². The van der Waals surface area contributed by atoms with Gasteiger partial charge in [-0.15, -0.1) is 11.3 Å². The van der Waals surface area contributed by atoms with E-state index in [-0.39, 0.29) is 10.9 Å². The standard InChI is InChI=1S/C12H10ClFN2OS/c1-6-10(15)5-11(18-6)12(17)16-7-2-3-8(13)9(14)4-7/h2-5H,15H2,1H3,(H,16,17). The second kappa shape index (κ2) is 4.96. The number of rotatable bonds is 2. The van der Waals surface area contributed by atoms with Crippen LogP contribution in [0.25, 0.3) is 0 Å². The summed E-state index contributed by atoms with van der Waals surface area (Å²) in [6, 6.07) is 5.69. The molecule has 1 aromatic carbocycles. The van der Waals surface area contributed by atoms with E-state index < -0.39 is 5.82 Å². The van der Waals surface area contributed by atoms with Crippen LogP contribution in [0.2, 0.25) is 5.02 Å². The monoisotopic (exact) mass is 284 g/mol. The molecule has 3 N–H and O–H groups in total. The molecule has 1 heterocycles. The van der Waals surface area contributed by atoms with Gasteiger partial charge >= 0.3 is 0 Å². The molecule has 1 amide bonds. The van der Waals surface area contributed by atoms with Crippen molar-refractivity contribution in [2.24, 2.45) is 0 Å². The number of carbonyl (C=O) groups is 1. The van der Waals surface area contributed by atoms with Gasteiger partial charge in [0.05, 0.1) is 9.90 Å². The van der Waals surface area contributed by atoms with Crippen LogP contribution in [0.3, 0.4) is 0 Å². The van der Waals surface area contributed by atoms with E-state index >= 15 is 0 Å². The topological polar surface area (TPSA) is 55.1 Å². The Labute approximate surface area is 112 Å². The van der Waals surface area contributed by atoms with Gasteiger partial charge in [-0.1, -0.05) is 11.6 Å². The third-order valence-electron chi connectivity index (χ3n) is 2.36. The van der Waals surface area contributed by atoms with Gasteiger partial charge in [0.1, 0.15) is 5.82 Å². The van der Waals surface area contributed by atoms with Crippen LogP contribution in [0.15, 0.2) is 24.3 Å². The number of hydrogen-bond acceptors (Lipinski definition) is 3. The number of halogens is 2. The van der Waals surface area contributed by atoms with Crippen LogP contribution in [-0.2, 0) is 0 Å². The fourth-order valence-electron chi connectivity index (χ4n) is 1.37. The highest BCUT2D eigenvalue weighted by Crippen LogP contribution is 2.25. The maximum absolute atomic E-state index is 13.2. The van der Waals surface area contributed by atoms with Gasteiger partial charge in [-0.2, -0.15) is 0 Å². The lowest BCUT2D eigenvalue weighted by atomic mass is 10.3. The molecule has 3 nitrogen and oxygen atoms in total. The number of nitrogens with one attached hydrogen (secondary N) is 1. The molecule has 1 aromatic heterocycles. The van der Waals surface area contributed by atoms with E-state index in [4.69, 9.17) is 17.3 Å². The zero-order chi connectivity index (χ0) is 13.3. The van der Waals surface area contributed by atoms with Crippen molar-refractivity contribution in [2.45, 2.75) is 6.92 Å². The number of thiophene rings is 1. The number of nitrogen functional groups attached to an aromatic ring is 1. The Hall–Kier alpha value is -1.59. The van der Waals surface area contributed by atoms with Crippen molar-refractivity contribution in [3.63, 3.8) is 0 Å². The van der Waals surface area contributed by atoms with Crippen LogP contribution in [-0.4, -0.2) is 5.91 Å². The molecular weight excluding hydrogens is 275 g/mol. The molecule has 0 spiro atoms. The summed E-state index contributed by atoms with van der Waals surface area (Å²) in [5, 5.41) is 2.60. The van der Waals surface area contributed by atoms with E-state index in [1.807, 2.05) is 6.92 Å². The van der Waals surface area contributed by atoms with Crippen LogP contribution in [0, 0.1) is 12.7 Å². The zero-order valence-electron chi connectivity index (χ0n) is 9.46. The van der Waals surface area contributed by atoms with Crippen molar-refractivity contribution in [3.05, 3.63) is 44.9 Å². The highest BCUT2D eigenvalue weighted by atomic mass is 35.5. The van der Waals surface area contributed by atoms with Crippen LogP contribution in [0.4, 0.5) is 15.8 Å². The molecule has 0 aliphatic carbocycles. The number of benzene rings is 1. The molecule has 0 radical (unpaired) electrons. The van der Waals surface area contributed by atoms with Crippen molar-refractivity contribution >= 4 is 40.2 Å². The van der Waals surface area contributed by atoms with Gasteiger partial charge in [-0.3, -0.25) is 4.79 Å². The predicted molar refractivity (Wildman–Crippen MR) is 72.8 cm³/mol. The van der Waals surface area contributed by atoms with E-state index in [0.717, 1.165) is 4.88 Å². The summed E-state index contributed by atoms with van der Waals surface area (Å²) in [4.78, 5) is 13.2. The molecule has 18 heavy (non-hydrogen) atoms. The molecule has 0 fully saturated rings. The Morgan fingerprint density at radius 3 is 2.72 bits per heavy atom. The third kappa shape index (κ3) is 2.63. The fraction of sp³-hybridized carbons (Fsp3) is 0.0833. The second-order valence-corrected chi connectivity index (χ2v) is 5.37. The van der Waals surface area contributed by atoms with Crippen LogP contribution in [0.1, 0.15) is 14.5 Å². The summed E-state index contributed by atoms with van der Waals surface area (Å²) < 4.78 is 13.2. The Morgan fingerprint density at radius 1 is 1.44 bits per heavy atom. The summed E-state index contributed by atoms with van der Waals surface area (Å²) in [5.41, 5.74) is 6.60. The first kappa shape index (κ1) is 12.9. The van der Waals surface area contributed by atoms with E-state index in [0.29, 0.717) is 16.3 Å². The minimum Gasteiger partial charge on any atom is -0.398 e. The van der Waals surface area contributed by atoms with E-state index in [2.05, 4.69) is 5.32 Å². The maximum atomic E-state index is 13.2. The number of amides is 1. The normalized spacial score (nSPS) is 10.4. The summed E-state index contributed by atoms with van der Waals surface area (Å²) in [6.45, 7) is 1.83. The average molecular weight is 285 g/mol. The summed E-state index contributed by atoms with van der Waals surface area (Å²) >= 11 is 6.85. The highest BCUT2D eigenvalue weighted by molar-refractivity contribution is 7.14. The van der Waals surface area contributed by atoms with Crippen LogP contribution < -0.4 is 11.1 Å². The minimum atomic E-state index is -0.573. The molecule has 6 heteroatoms. The molecular formula is C12H10ClFN2OS. The second-order valence-electron chi connectivity index (χ2n) is 3.71. The number of carbonyl (C=O) groups excluding carboxylic acids is 1. The third-order valence-corrected chi connectivity index (χ3v) is 3.73. The fourth-order valence-corrected chi connectivity index (χ4v) is 2.33. The average Bonchev–Trinajstić information content (AvgIpc) is 2.65. The van der Waals surface area contributed by atoms with Gasteiger partial charge in [0, 0.05) is 16.3 Å². The molecule has 0 aliphatic heterocycles. The molecule has 2 aromatic rings. The molecule has 0 bridgehead atoms. The number of nitrogens with two attached hydrogens (primary N) is 1. The largest absolute Gasteiger partial charge is 0.398 e. The first-order valence-electron chi connectivity index (χ1n) is 5.09. The number of anilines is 2. The molecule has 0 aliphatic rings. The van der Waals surface area contributed by atoms with Gasteiger partial charge in [0.25, 0.3) is 5.91 Å². The van der Waals surface area contributed by atoms with Crippen molar-refractivity contribution < 1.29 is 9.18 Å². The van der Waals surface area contributed by atoms with Crippen LogP contribution in [0.5, 0.6) is 0 Å².